The molecule has 0 saturated carbocycles. The largest absolute Gasteiger partial charge is 0.350 e. The predicted molar refractivity (Wildman–Crippen MR) is 81.0 cm³/mol. The number of carbonyl (C=O) groups excluding carboxylic acids is 1. The quantitative estimate of drug-likeness (QED) is 0.864. The van der Waals surface area contributed by atoms with Gasteiger partial charge in [0.15, 0.2) is 0 Å². The first-order chi connectivity index (χ1) is 10.1. The van der Waals surface area contributed by atoms with E-state index in [0.717, 1.165) is 16.5 Å². The van der Waals surface area contributed by atoms with Crippen LogP contribution >= 0.6 is 0 Å². The zero-order valence-corrected chi connectivity index (χ0v) is 12.1. The van der Waals surface area contributed by atoms with Crippen LogP contribution in [0.2, 0.25) is 0 Å². The predicted octanol–water partition coefficient (Wildman–Crippen LogP) is 1.74. The monoisotopic (exact) mass is 280 g/mol. The van der Waals surface area contributed by atoms with Gasteiger partial charge in [0, 0.05) is 18.0 Å². The van der Waals surface area contributed by atoms with Crippen molar-refractivity contribution in [3.05, 3.63) is 35.4 Å². The zero-order valence-electron chi connectivity index (χ0n) is 12.1. The van der Waals surface area contributed by atoms with Gasteiger partial charge in [-0.05, 0) is 25.5 Å². The highest BCUT2D eigenvalue weighted by molar-refractivity contribution is 5.89. The Labute approximate surface area is 123 Å². The molecule has 21 heavy (non-hydrogen) atoms. The lowest BCUT2D eigenvalue weighted by Gasteiger charge is -2.32. The molecule has 0 spiro atoms. The molecule has 1 aliphatic rings. The molecule has 1 aliphatic heterocycles. The van der Waals surface area contributed by atoms with Crippen LogP contribution in [-0.2, 0) is 4.79 Å². The Hall–Kier alpha value is -2.61. The maximum absolute atomic E-state index is 11.7. The summed E-state index contributed by atoms with van der Waals surface area (Å²) < 4.78 is 0. The Morgan fingerprint density at radius 1 is 1.43 bits per heavy atom. The number of hydrogen-bond acceptors (Lipinski definition) is 4. The van der Waals surface area contributed by atoms with Gasteiger partial charge < -0.3 is 10.2 Å². The van der Waals surface area contributed by atoms with Gasteiger partial charge in [0.2, 0.25) is 5.91 Å². The molecule has 1 atom stereocenters. The summed E-state index contributed by atoms with van der Waals surface area (Å²) in [6.07, 6.45) is 0. The summed E-state index contributed by atoms with van der Waals surface area (Å²) in [4.78, 5) is 18.3. The highest BCUT2D eigenvalue weighted by atomic mass is 16.2. The second-order valence-electron chi connectivity index (χ2n) is 5.41. The van der Waals surface area contributed by atoms with Gasteiger partial charge in [-0.15, -0.1) is 0 Å². The van der Waals surface area contributed by atoms with Gasteiger partial charge in [0.25, 0.3) is 0 Å². The van der Waals surface area contributed by atoms with Crippen molar-refractivity contribution in [3.63, 3.8) is 0 Å². The van der Waals surface area contributed by atoms with E-state index in [1.165, 1.54) is 0 Å². The lowest BCUT2D eigenvalue weighted by atomic mass is 10.0. The molecule has 2 heterocycles. The Kier molecular flexibility index (Phi) is 3.22. The number of benzene rings is 1. The number of nitriles is 1. The van der Waals surface area contributed by atoms with Crippen LogP contribution in [0.1, 0.15) is 18.1 Å². The van der Waals surface area contributed by atoms with Gasteiger partial charge >= 0.3 is 0 Å². The van der Waals surface area contributed by atoms with Crippen LogP contribution in [0.3, 0.4) is 0 Å². The van der Waals surface area contributed by atoms with Gasteiger partial charge in [-0.2, -0.15) is 5.26 Å². The van der Waals surface area contributed by atoms with Crippen LogP contribution in [0.15, 0.2) is 24.3 Å². The number of hydrogen-bond donors (Lipinski definition) is 1. The Bertz CT molecular complexity index is 763. The molecule has 1 aromatic heterocycles. The average Bonchev–Trinajstić information content (AvgIpc) is 2.46. The number of carbonyl (C=O) groups is 1. The molecule has 0 radical (unpaired) electrons. The van der Waals surface area contributed by atoms with Crippen molar-refractivity contribution in [1.82, 2.24) is 10.3 Å². The number of piperazine rings is 1. The van der Waals surface area contributed by atoms with Crippen LogP contribution in [0.25, 0.3) is 10.9 Å². The number of aromatic nitrogens is 1. The standard InChI is InChI=1S/C16H16N4O/c1-10-8-20(9-15(21)18-10)16-13(7-17)11(2)12-5-3-4-6-14(12)19-16/h3-6,10H,8-9H2,1-2H3,(H,18,21). The minimum atomic E-state index is -0.0368. The van der Waals surface area contributed by atoms with E-state index >= 15 is 0 Å². The number of aryl methyl sites for hydroxylation is 1. The van der Waals surface area contributed by atoms with Crippen molar-refractivity contribution in [2.75, 3.05) is 18.0 Å². The van der Waals surface area contributed by atoms with Gasteiger partial charge in [-0.25, -0.2) is 4.98 Å². The Morgan fingerprint density at radius 2 is 2.19 bits per heavy atom. The van der Waals surface area contributed by atoms with E-state index in [-0.39, 0.29) is 18.5 Å². The number of para-hydroxylation sites is 1. The molecule has 1 unspecified atom stereocenters. The number of anilines is 1. The van der Waals surface area contributed by atoms with Crippen molar-refractivity contribution in [3.8, 4) is 6.07 Å². The Balaban J connectivity index is 2.18. The fraction of sp³-hybridized carbons (Fsp3) is 0.312. The molecule has 1 amide bonds. The summed E-state index contributed by atoms with van der Waals surface area (Å²) in [5.41, 5.74) is 2.31. The highest BCUT2D eigenvalue weighted by Crippen LogP contribution is 2.28. The Morgan fingerprint density at radius 3 is 2.90 bits per heavy atom. The average molecular weight is 280 g/mol. The van der Waals surface area contributed by atoms with E-state index < -0.39 is 0 Å². The summed E-state index contributed by atoms with van der Waals surface area (Å²) in [6, 6.07) is 10.1. The topological polar surface area (TPSA) is 69.0 Å². The number of fused-ring (bicyclic) bond motifs is 1. The molecule has 1 N–H and O–H groups in total. The minimum absolute atomic E-state index is 0.0368. The maximum Gasteiger partial charge on any atom is 0.239 e. The molecular weight excluding hydrogens is 264 g/mol. The number of rotatable bonds is 1. The van der Waals surface area contributed by atoms with Gasteiger partial charge in [-0.1, -0.05) is 18.2 Å². The van der Waals surface area contributed by atoms with E-state index in [4.69, 9.17) is 0 Å². The summed E-state index contributed by atoms with van der Waals surface area (Å²) in [7, 11) is 0. The van der Waals surface area contributed by atoms with E-state index in [1.807, 2.05) is 43.0 Å². The molecular formula is C16H16N4O. The van der Waals surface area contributed by atoms with Crippen LogP contribution in [0, 0.1) is 18.3 Å². The van der Waals surface area contributed by atoms with Crippen molar-refractivity contribution in [1.29, 1.82) is 5.26 Å². The normalized spacial score (nSPS) is 18.4. The van der Waals surface area contributed by atoms with Crippen LogP contribution < -0.4 is 10.2 Å². The number of nitrogens with zero attached hydrogens (tertiary/aromatic N) is 3. The molecule has 1 fully saturated rings. The highest BCUT2D eigenvalue weighted by Gasteiger charge is 2.25. The first-order valence-electron chi connectivity index (χ1n) is 6.94. The molecule has 2 aromatic rings. The molecule has 5 heteroatoms. The van der Waals surface area contributed by atoms with E-state index in [2.05, 4.69) is 16.4 Å². The minimum Gasteiger partial charge on any atom is -0.350 e. The molecule has 106 valence electrons. The lowest BCUT2D eigenvalue weighted by molar-refractivity contribution is -0.121. The number of pyridine rings is 1. The molecule has 0 aliphatic carbocycles. The van der Waals surface area contributed by atoms with Crippen molar-refractivity contribution in [2.24, 2.45) is 0 Å². The van der Waals surface area contributed by atoms with Crippen LogP contribution in [-0.4, -0.2) is 30.0 Å². The lowest BCUT2D eigenvalue weighted by Crippen LogP contribution is -2.53. The fourth-order valence-corrected chi connectivity index (χ4v) is 2.82. The second kappa shape index (κ2) is 5.06. The van der Waals surface area contributed by atoms with Crippen LogP contribution in [0.5, 0.6) is 0 Å². The van der Waals surface area contributed by atoms with Gasteiger partial charge in [0.1, 0.15) is 11.9 Å². The summed E-state index contributed by atoms with van der Waals surface area (Å²) in [6.45, 7) is 4.78. The molecule has 5 nitrogen and oxygen atoms in total. The summed E-state index contributed by atoms with van der Waals surface area (Å²) in [5.74, 6) is 0.570. The van der Waals surface area contributed by atoms with Crippen molar-refractivity contribution in [2.45, 2.75) is 19.9 Å². The maximum atomic E-state index is 11.7. The number of amides is 1. The van der Waals surface area contributed by atoms with E-state index in [1.54, 1.807) is 0 Å². The SMILES string of the molecule is Cc1c(C#N)c(N2CC(=O)NC(C)C2)nc2ccccc12. The molecule has 1 aromatic carbocycles. The first-order valence-corrected chi connectivity index (χ1v) is 6.94. The molecule has 1 saturated heterocycles. The van der Waals surface area contributed by atoms with Gasteiger partial charge in [0.05, 0.1) is 17.6 Å². The summed E-state index contributed by atoms with van der Waals surface area (Å²) in [5, 5.41) is 13.4. The third-order valence-electron chi connectivity index (χ3n) is 3.78. The smallest absolute Gasteiger partial charge is 0.239 e. The van der Waals surface area contributed by atoms with Gasteiger partial charge in [-0.3, -0.25) is 4.79 Å². The third-order valence-corrected chi connectivity index (χ3v) is 3.78. The fourth-order valence-electron chi connectivity index (χ4n) is 2.82. The second-order valence-corrected chi connectivity index (χ2v) is 5.41. The first kappa shape index (κ1) is 13.4. The molecule has 3 rings (SSSR count). The van der Waals surface area contributed by atoms with Crippen LogP contribution in [0.4, 0.5) is 5.82 Å². The number of nitrogens with one attached hydrogen (secondary N) is 1. The zero-order chi connectivity index (χ0) is 15.0. The van der Waals surface area contributed by atoms with E-state index in [9.17, 15) is 10.1 Å². The third kappa shape index (κ3) is 2.29. The van der Waals surface area contributed by atoms with Crippen molar-refractivity contribution < 1.29 is 4.79 Å². The summed E-state index contributed by atoms with van der Waals surface area (Å²) >= 11 is 0. The van der Waals surface area contributed by atoms with E-state index in [0.29, 0.717) is 17.9 Å². The molecule has 0 bridgehead atoms. The van der Waals surface area contributed by atoms with Crippen molar-refractivity contribution >= 4 is 22.6 Å².